The number of rotatable bonds is 40. The lowest BCUT2D eigenvalue weighted by Gasteiger charge is -2.18. The van der Waals surface area contributed by atoms with Crippen molar-refractivity contribution in [1.29, 1.82) is 0 Å². The van der Waals surface area contributed by atoms with Gasteiger partial charge in [-0.25, -0.2) is 0 Å². The molecule has 0 saturated heterocycles. The van der Waals surface area contributed by atoms with Crippen molar-refractivity contribution >= 4 is 11.9 Å². The summed E-state index contributed by atoms with van der Waals surface area (Å²) < 4.78 is 17.2. The first-order valence-corrected chi connectivity index (χ1v) is 22.5. The molecule has 1 unspecified atom stereocenters. The molecule has 0 aliphatic rings. The fraction of sp³-hybridized carbons (Fsp3) is 0.714. The summed E-state index contributed by atoms with van der Waals surface area (Å²) in [6.07, 6.45) is 56.4. The number of esters is 2. The molecule has 0 heterocycles. The maximum absolute atomic E-state index is 12.5. The third-order valence-electron chi connectivity index (χ3n) is 9.23. The van der Waals surface area contributed by atoms with Crippen LogP contribution in [0.5, 0.6) is 0 Å². The molecule has 5 nitrogen and oxygen atoms in total. The highest BCUT2D eigenvalue weighted by Crippen LogP contribution is 2.12. The van der Waals surface area contributed by atoms with Gasteiger partial charge in [-0.3, -0.25) is 9.59 Å². The highest BCUT2D eigenvalue weighted by Gasteiger charge is 2.17. The van der Waals surface area contributed by atoms with Gasteiger partial charge in [0, 0.05) is 19.4 Å². The van der Waals surface area contributed by atoms with Crippen molar-refractivity contribution in [3.63, 3.8) is 0 Å². The van der Waals surface area contributed by atoms with Crippen LogP contribution in [0.2, 0.25) is 0 Å². The van der Waals surface area contributed by atoms with Crippen LogP contribution in [0, 0.1) is 0 Å². The number of carbonyl (C=O) groups is 2. The third kappa shape index (κ3) is 42.1. The number of allylic oxidation sites excluding steroid dienone is 12. The SMILES string of the molecule is CC/C=C\C/C=C\C/C=C\C/C=C\CCCCCCCOCC(COC(=O)CCCCCCC/C=C\C/C=C\CCCCC)OC(=O)CCCCCCC. The van der Waals surface area contributed by atoms with Crippen LogP contribution in [0.3, 0.4) is 0 Å². The molecule has 0 fully saturated rings. The van der Waals surface area contributed by atoms with Crippen molar-refractivity contribution in [1.82, 2.24) is 0 Å². The zero-order chi connectivity index (χ0) is 39.3. The zero-order valence-electron chi connectivity index (χ0n) is 35.5. The second-order valence-corrected chi connectivity index (χ2v) is 14.6. The molecular weight excluding hydrogens is 669 g/mol. The molecule has 0 aliphatic carbocycles. The number of unbranched alkanes of at least 4 members (excludes halogenated alkanes) is 17. The van der Waals surface area contributed by atoms with Crippen LogP contribution in [-0.2, 0) is 23.8 Å². The Labute approximate surface area is 334 Å². The summed E-state index contributed by atoms with van der Waals surface area (Å²) in [4.78, 5) is 25.0. The van der Waals surface area contributed by atoms with E-state index in [-0.39, 0.29) is 25.2 Å². The highest BCUT2D eigenvalue weighted by atomic mass is 16.6. The van der Waals surface area contributed by atoms with E-state index in [9.17, 15) is 9.59 Å². The Morgan fingerprint density at radius 3 is 1.37 bits per heavy atom. The Morgan fingerprint density at radius 1 is 0.426 bits per heavy atom. The fourth-order valence-corrected chi connectivity index (χ4v) is 5.88. The van der Waals surface area contributed by atoms with Crippen LogP contribution < -0.4 is 0 Å². The topological polar surface area (TPSA) is 61.8 Å². The first kappa shape index (κ1) is 51.3. The van der Waals surface area contributed by atoms with Crippen molar-refractivity contribution in [2.45, 2.75) is 207 Å². The Kier molecular flexibility index (Phi) is 42.5. The third-order valence-corrected chi connectivity index (χ3v) is 9.23. The van der Waals surface area contributed by atoms with Gasteiger partial charge in [-0.2, -0.15) is 0 Å². The summed E-state index contributed by atoms with van der Waals surface area (Å²) in [5.74, 6) is -0.440. The van der Waals surface area contributed by atoms with E-state index in [4.69, 9.17) is 14.2 Å². The van der Waals surface area contributed by atoms with Crippen molar-refractivity contribution < 1.29 is 23.8 Å². The minimum Gasteiger partial charge on any atom is -0.462 e. The van der Waals surface area contributed by atoms with E-state index < -0.39 is 6.10 Å². The molecule has 0 rings (SSSR count). The van der Waals surface area contributed by atoms with Gasteiger partial charge in [-0.15, -0.1) is 0 Å². The van der Waals surface area contributed by atoms with Gasteiger partial charge < -0.3 is 14.2 Å². The van der Waals surface area contributed by atoms with E-state index in [1.54, 1.807) is 0 Å². The molecule has 0 spiro atoms. The van der Waals surface area contributed by atoms with Crippen LogP contribution in [0.4, 0.5) is 0 Å². The van der Waals surface area contributed by atoms with Crippen LogP contribution in [0.15, 0.2) is 72.9 Å². The number of ether oxygens (including phenoxy) is 3. The lowest BCUT2D eigenvalue weighted by Crippen LogP contribution is -2.30. The number of carbonyl (C=O) groups excluding carboxylic acids is 2. The number of hydrogen-bond acceptors (Lipinski definition) is 5. The van der Waals surface area contributed by atoms with Gasteiger partial charge in [0.1, 0.15) is 6.61 Å². The first-order valence-electron chi connectivity index (χ1n) is 22.5. The van der Waals surface area contributed by atoms with Crippen molar-refractivity contribution in [3.05, 3.63) is 72.9 Å². The van der Waals surface area contributed by atoms with Crippen molar-refractivity contribution in [2.24, 2.45) is 0 Å². The second-order valence-electron chi connectivity index (χ2n) is 14.6. The molecule has 0 aliphatic heterocycles. The molecule has 310 valence electrons. The molecule has 0 amide bonds. The molecule has 0 aromatic carbocycles. The quantitative estimate of drug-likeness (QED) is 0.0354. The maximum Gasteiger partial charge on any atom is 0.306 e. The molecule has 54 heavy (non-hydrogen) atoms. The molecule has 0 saturated carbocycles. The number of hydrogen-bond donors (Lipinski definition) is 0. The van der Waals surface area contributed by atoms with Crippen LogP contribution in [0.1, 0.15) is 201 Å². The Bertz CT molecular complexity index is 988. The first-order chi connectivity index (χ1) is 26.6. The van der Waals surface area contributed by atoms with Gasteiger partial charge in [-0.05, 0) is 89.9 Å². The van der Waals surface area contributed by atoms with Crippen LogP contribution in [0.25, 0.3) is 0 Å². The lowest BCUT2D eigenvalue weighted by molar-refractivity contribution is -0.163. The lowest BCUT2D eigenvalue weighted by atomic mass is 10.1. The predicted molar refractivity (Wildman–Crippen MR) is 233 cm³/mol. The molecule has 0 radical (unpaired) electrons. The monoisotopic (exact) mass is 753 g/mol. The van der Waals surface area contributed by atoms with E-state index in [0.29, 0.717) is 19.4 Å². The standard InChI is InChI=1S/C49H84O5/c1-4-7-10-13-15-17-19-21-23-24-25-27-29-31-33-35-38-41-44-52-45-47(54-49(51)43-40-36-12-9-6-3)46-53-48(50)42-39-37-34-32-30-28-26-22-20-18-16-14-11-8-5-2/h7,10,15-18,21-23,25-27,47H,4-6,8-9,11-14,19-20,24,28-46H2,1-3H3/b10-7-,17-15-,18-16-,23-21-,26-22-,27-25-. The smallest absolute Gasteiger partial charge is 0.306 e. The molecule has 0 bridgehead atoms. The molecule has 1 atom stereocenters. The maximum atomic E-state index is 12.5. The minimum absolute atomic E-state index is 0.0674. The Balaban J connectivity index is 4.13. The Morgan fingerprint density at radius 2 is 0.833 bits per heavy atom. The average Bonchev–Trinajstić information content (AvgIpc) is 3.17. The molecule has 0 aromatic rings. The van der Waals surface area contributed by atoms with E-state index in [2.05, 4.69) is 93.7 Å². The van der Waals surface area contributed by atoms with Gasteiger partial charge in [-0.1, -0.05) is 171 Å². The van der Waals surface area contributed by atoms with Gasteiger partial charge >= 0.3 is 11.9 Å². The van der Waals surface area contributed by atoms with Gasteiger partial charge in [0.2, 0.25) is 0 Å². The van der Waals surface area contributed by atoms with E-state index in [1.807, 2.05) is 0 Å². The van der Waals surface area contributed by atoms with Gasteiger partial charge in [0.25, 0.3) is 0 Å². The predicted octanol–water partition coefficient (Wildman–Crippen LogP) is 14.8. The molecular formula is C49H84O5. The van der Waals surface area contributed by atoms with Crippen molar-refractivity contribution in [2.75, 3.05) is 19.8 Å². The summed E-state index contributed by atoms with van der Waals surface area (Å²) >= 11 is 0. The molecule has 5 heteroatoms. The van der Waals surface area contributed by atoms with E-state index in [0.717, 1.165) is 96.3 Å². The van der Waals surface area contributed by atoms with Crippen LogP contribution >= 0.6 is 0 Å². The van der Waals surface area contributed by atoms with Crippen molar-refractivity contribution in [3.8, 4) is 0 Å². The second kappa shape index (κ2) is 44.7. The molecule has 0 aromatic heterocycles. The summed E-state index contributed by atoms with van der Waals surface area (Å²) in [5, 5.41) is 0. The molecule has 0 N–H and O–H groups in total. The van der Waals surface area contributed by atoms with E-state index >= 15 is 0 Å². The van der Waals surface area contributed by atoms with Crippen LogP contribution in [-0.4, -0.2) is 37.9 Å². The van der Waals surface area contributed by atoms with Gasteiger partial charge in [0.05, 0.1) is 6.61 Å². The van der Waals surface area contributed by atoms with E-state index in [1.165, 1.54) is 70.6 Å². The summed E-state index contributed by atoms with van der Waals surface area (Å²) in [6, 6.07) is 0. The Hall–Kier alpha value is -2.66. The minimum atomic E-state index is -0.548. The normalized spacial score (nSPS) is 12.9. The van der Waals surface area contributed by atoms with Gasteiger partial charge in [0.15, 0.2) is 6.10 Å². The summed E-state index contributed by atoms with van der Waals surface area (Å²) in [6.45, 7) is 7.55. The fourth-order valence-electron chi connectivity index (χ4n) is 5.88. The summed E-state index contributed by atoms with van der Waals surface area (Å²) in [5.41, 5.74) is 0. The largest absolute Gasteiger partial charge is 0.462 e. The summed E-state index contributed by atoms with van der Waals surface area (Å²) in [7, 11) is 0. The average molecular weight is 753 g/mol. The highest BCUT2D eigenvalue weighted by molar-refractivity contribution is 5.70. The zero-order valence-corrected chi connectivity index (χ0v) is 35.5.